The fourth-order valence-corrected chi connectivity index (χ4v) is 2.89. The molecule has 0 atom stereocenters. The topological polar surface area (TPSA) is 41.1 Å². The highest BCUT2D eigenvalue weighted by molar-refractivity contribution is 9.10. The Morgan fingerprint density at radius 2 is 1.50 bits per heavy atom. The van der Waals surface area contributed by atoms with Crippen molar-refractivity contribution in [3.05, 3.63) is 58.1 Å². The zero-order valence-corrected chi connectivity index (χ0v) is 16.3. The molecule has 0 bridgehead atoms. The van der Waals surface area contributed by atoms with Crippen LogP contribution in [-0.2, 0) is 4.79 Å². The summed E-state index contributed by atoms with van der Waals surface area (Å²) in [6.45, 7) is 8.83. The van der Waals surface area contributed by atoms with Gasteiger partial charge in [0.05, 0.1) is 6.54 Å². The Hall–Kier alpha value is -1.81. The van der Waals surface area contributed by atoms with Gasteiger partial charge in [-0.3, -0.25) is 4.79 Å². The van der Waals surface area contributed by atoms with Crippen molar-refractivity contribution in [2.24, 2.45) is 0 Å². The van der Waals surface area contributed by atoms with Crippen LogP contribution in [0.1, 0.15) is 50.7 Å². The van der Waals surface area contributed by atoms with E-state index in [-0.39, 0.29) is 12.5 Å². The van der Waals surface area contributed by atoms with Gasteiger partial charge in [0, 0.05) is 15.8 Å². The number of hydrogen-bond donors (Lipinski definition) is 2. The lowest BCUT2D eigenvalue weighted by atomic mass is 9.92. The molecule has 0 saturated heterocycles. The Labute approximate surface area is 153 Å². The molecule has 2 rings (SSSR count). The molecule has 0 aliphatic rings. The molecule has 3 nitrogen and oxygen atoms in total. The molecule has 128 valence electrons. The van der Waals surface area contributed by atoms with Crippen molar-refractivity contribution < 1.29 is 4.79 Å². The van der Waals surface area contributed by atoms with Gasteiger partial charge in [-0.2, -0.15) is 0 Å². The summed E-state index contributed by atoms with van der Waals surface area (Å²) in [6, 6.07) is 14.0. The molecule has 0 aliphatic carbocycles. The van der Waals surface area contributed by atoms with E-state index in [1.54, 1.807) is 0 Å². The number of nitrogens with one attached hydrogen (secondary N) is 2. The molecule has 24 heavy (non-hydrogen) atoms. The summed E-state index contributed by atoms with van der Waals surface area (Å²) in [6.07, 6.45) is 0. The molecule has 0 saturated carbocycles. The van der Waals surface area contributed by atoms with E-state index in [1.165, 1.54) is 11.1 Å². The van der Waals surface area contributed by atoms with E-state index >= 15 is 0 Å². The lowest BCUT2D eigenvalue weighted by molar-refractivity contribution is -0.114. The quantitative estimate of drug-likeness (QED) is 0.661. The summed E-state index contributed by atoms with van der Waals surface area (Å²) in [5, 5.41) is 6.27. The molecule has 4 heteroatoms. The summed E-state index contributed by atoms with van der Waals surface area (Å²) in [4.78, 5) is 12.4. The predicted molar refractivity (Wildman–Crippen MR) is 106 cm³/mol. The van der Waals surface area contributed by atoms with Gasteiger partial charge in [-0.1, -0.05) is 61.8 Å². The first-order chi connectivity index (χ1) is 11.4. The molecule has 0 radical (unpaired) electrons. The molecule has 2 N–H and O–H groups in total. The third-order valence-electron chi connectivity index (χ3n) is 3.93. The van der Waals surface area contributed by atoms with E-state index < -0.39 is 0 Å². The van der Waals surface area contributed by atoms with Crippen molar-refractivity contribution in [1.29, 1.82) is 0 Å². The van der Waals surface area contributed by atoms with Gasteiger partial charge in [0.15, 0.2) is 0 Å². The summed E-state index contributed by atoms with van der Waals surface area (Å²) >= 11 is 3.41. The van der Waals surface area contributed by atoms with E-state index in [4.69, 9.17) is 0 Å². The third-order valence-corrected chi connectivity index (χ3v) is 4.46. The van der Waals surface area contributed by atoms with Crippen LogP contribution < -0.4 is 10.6 Å². The van der Waals surface area contributed by atoms with Crippen molar-refractivity contribution >= 4 is 33.2 Å². The van der Waals surface area contributed by atoms with Crippen LogP contribution in [0.2, 0.25) is 0 Å². The Kier molecular flexibility index (Phi) is 6.44. The first-order valence-corrected chi connectivity index (χ1v) is 9.10. The highest BCUT2D eigenvalue weighted by atomic mass is 79.9. The van der Waals surface area contributed by atoms with E-state index in [0.29, 0.717) is 11.8 Å². The van der Waals surface area contributed by atoms with E-state index in [0.717, 1.165) is 15.8 Å². The smallest absolute Gasteiger partial charge is 0.243 e. The van der Waals surface area contributed by atoms with Crippen LogP contribution in [0.15, 0.2) is 46.9 Å². The molecule has 0 aliphatic heterocycles. The summed E-state index contributed by atoms with van der Waals surface area (Å²) in [5.41, 5.74) is 4.25. The van der Waals surface area contributed by atoms with Crippen LogP contribution in [0.25, 0.3) is 0 Å². The van der Waals surface area contributed by atoms with Crippen LogP contribution in [0.5, 0.6) is 0 Å². The predicted octanol–water partition coefficient (Wildman–Crippen LogP) is 5.75. The van der Waals surface area contributed by atoms with Crippen LogP contribution in [0, 0.1) is 0 Å². The number of para-hydroxylation sites is 1. The second-order valence-corrected chi connectivity index (χ2v) is 7.45. The Morgan fingerprint density at radius 3 is 2.00 bits per heavy atom. The van der Waals surface area contributed by atoms with Crippen LogP contribution in [0.4, 0.5) is 11.4 Å². The highest BCUT2D eigenvalue weighted by Crippen LogP contribution is 2.32. The largest absolute Gasteiger partial charge is 0.376 e. The van der Waals surface area contributed by atoms with Gasteiger partial charge in [0.25, 0.3) is 0 Å². The molecule has 2 aromatic carbocycles. The van der Waals surface area contributed by atoms with Gasteiger partial charge in [-0.25, -0.2) is 0 Å². The zero-order valence-electron chi connectivity index (χ0n) is 14.7. The zero-order chi connectivity index (χ0) is 17.7. The van der Waals surface area contributed by atoms with E-state index in [2.05, 4.69) is 72.5 Å². The van der Waals surface area contributed by atoms with Crippen LogP contribution >= 0.6 is 15.9 Å². The first kappa shape index (κ1) is 18.5. The molecule has 1 amide bonds. The average Bonchev–Trinajstić information content (AvgIpc) is 2.54. The average molecular weight is 389 g/mol. The number of benzene rings is 2. The maximum Gasteiger partial charge on any atom is 0.243 e. The monoisotopic (exact) mass is 388 g/mol. The summed E-state index contributed by atoms with van der Waals surface area (Å²) in [5.74, 6) is 0.685. The highest BCUT2D eigenvalue weighted by Gasteiger charge is 2.15. The van der Waals surface area contributed by atoms with Crippen molar-refractivity contribution in [3.8, 4) is 0 Å². The van der Waals surface area contributed by atoms with E-state index in [9.17, 15) is 4.79 Å². The molecule has 0 unspecified atom stereocenters. The second-order valence-electron chi connectivity index (χ2n) is 6.53. The minimum absolute atomic E-state index is 0.0343. The SMILES string of the molecule is CC(C)c1cccc(C(C)C)c1NC(=O)CNc1ccc(Br)cc1. The molecule has 0 aromatic heterocycles. The number of carbonyl (C=O) groups is 1. The van der Waals surface area contributed by atoms with Gasteiger partial charge in [0.1, 0.15) is 0 Å². The maximum absolute atomic E-state index is 12.4. The number of carbonyl (C=O) groups excluding carboxylic acids is 1. The standard InChI is InChI=1S/C20H25BrN2O/c1-13(2)17-6-5-7-18(14(3)4)20(17)23-19(24)12-22-16-10-8-15(21)9-11-16/h5-11,13-14,22H,12H2,1-4H3,(H,23,24). The van der Waals surface area contributed by atoms with E-state index in [1.807, 2.05) is 24.3 Å². The van der Waals surface area contributed by atoms with Crippen molar-refractivity contribution in [2.45, 2.75) is 39.5 Å². The number of amides is 1. The fourth-order valence-electron chi connectivity index (χ4n) is 2.63. The van der Waals surface area contributed by atoms with Gasteiger partial charge < -0.3 is 10.6 Å². The number of halogens is 1. The van der Waals surface area contributed by atoms with Crippen molar-refractivity contribution in [3.63, 3.8) is 0 Å². The molecule has 2 aromatic rings. The molecule has 0 heterocycles. The fraction of sp³-hybridized carbons (Fsp3) is 0.350. The lowest BCUT2D eigenvalue weighted by Crippen LogP contribution is -2.23. The minimum atomic E-state index is -0.0343. The molecular formula is C20H25BrN2O. The molecular weight excluding hydrogens is 364 g/mol. The Morgan fingerprint density at radius 1 is 0.958 bits per heavy atom. The number of anilines is 2. The van der Waals surface area contributed by atoms with Gasteiger partial charge in [-0.15, -0.1) is 0 Å². The van der Waals surface area contributed by atoms with Gasteiger partial charge in [0.2, 0.25) is 5.91 Å². The normalized spacial score (nSPS) is 11.0. The molecule has 0 fully saturated rings. The van der Waals surface area contributed by atoms with Crippen molar-refractivity contribution in [1.82, 2.24) is 0 Å². The summed E-state index contributed by atoms with van der Waals surface area (Å²) in [7, 11) is 0. The Balaban J connectivity index is 2.11. The van der Waals surface area contributed by atoms with Crippen molar-refractivity contribution in [2.75, 3.05) is 17.2 Å². The summed E-state index contributed by atoms with van der Waals surface area (Å²) < 4.78 is 1.02. The number of rotatable bonds is 6. The first-order valence-electron chi connectivity index (χ1n) is 8.30. The van der Waals surface area contributed by atoms with Gasteiger partial charge in [-0.05, 0) is 47.2 Å². The third kappa shape index (κ3) is 4.84. The second kappa shape index (κ2) is 8.34. The number of hydrogen-bond acceptors (Lipinski definition) is 2. The van der Waals surface area contributed by atoms with Crippen LogP contribution in [-0.4, -0.2) is 12.5 Å². The van der Waals surface area contributed by atoms with Gasteiger partial charge >= 0.3 is 0 Å². The maximum atomic E-state index is 12.4. The lowest BCUT2D eigenvalue weighted by Gasteiger charge is -2.20. The Bertz CT molecular complexity index is 667. The van der Waals surface area contributed by atoms with Crippen LogP contribution in [0.3, 0.4) is 0 Å². The molecule has 0 spiro atoms. The minimum Gasteiger partial charge on any atom is -0.376 e.